The predicted molar refractivity (Wildman–Crippen MR) is 76.9 cm³/mol. The van der Waals surface area contributed by atoms with E-state index >= 15 is 0 Å². The second kappa shape index (κ2) is 5.40. The van der Waals surface area contributed by atoms with Crippen molar-refractivity contribution in [3.05, 3.63) is 45.7 Å². The molecular weight excluding hydrogens is 336 g/mol. The number of benzene rings is 1. The Bertz CT molecular complexity index is 653. The van der Waals surface area contributed by atoms with E-state index < -0.39 is 10.0 Å². The van der Waals surface area contributed by atoms with E-state index in [0.717, 1.165) is 21.4 Å². The minimum atomic E-state index is -3.49. The highest BCUT2D eigenvalue weighted by Crippen LogP contribution is 2.22. The number of nitrogen functional groups attached to an aromatic ring is 1. The van der Waals surface area contributed by atoms with Gasteiger partial charge in [0.1, 0.15) is 4.21 Å². The number of rotatable bonds is 4. The maximum absolute atomic E-state index is 12.0. The summed E-state index contributed by atoms with van der Waals surface area (Å²) in [7, 11) is -3.49. The van der Waals surface area contributed by atoms with E-state index in [0.29, 0.717) is 5.69 Å². The molecule has 0 unspecified atom stereocenters. The summed E-state index contributed by atoms with van der Waals surface area (Å²) in [5, 5.41) is 1.60. The molecule has 0 atom stereocenters. The number of anilines is 1. The van der Waals surface area contributed by atoms with Crippen LogP contribution in [0.15, 0.2) is 44.4 Å². The molecule has 2 aromatic rings. The molecule has 0 spiro atoms. The third kappa shape index (κ3) is 3.11. The molecule has 7 heteroatoms. The first kappa shape index (κ1) is 13.5. The molecule has 1 aromatic carbocycles. The van der Waals surface area contributed by atoms with E-state index in [4.69, 9.17) is 5.73 Å². The Hall–Kier alpha value is -0.890. The van der Waals surface area contributed by atoms with Crippen molar-refractivity contribution in [2.24, 2.45) is 0 Å². The Labute approximate surface area is 118 Å². The van der Waals surface area contributed by atoms with Gasteiger partial charge in [0.15, 0.2) is 0 Å². The summed E-state index contributed by atoms with van der Waals surface area (Å²) in [6, 6.07) is 8.91. The summed E-state index contributed by atoms with van der Waals surface area (Å²) in [6.45, 7) is 0.238. The predicted octanol–water partition coefficient (Wildman–Crippen LogP) is 2.57. The Balaban J connectivity index is 2.13. The molecule has 0 amide bonds. The van der Waals surface area contributed by atoms with Crippen LogP contribution in [0.4, 0.5) is 5.69 Å². The molecule has 3 N–H and O–H groups in total. The summed E-state index contributed by atoms with van der Waals surface area (Å²) in [6.07, 6.45) is 0. The number of hydrogen-bond donors (Lipinski definition) is 2. The zero-order chi connectivity index (χ0) is 13.2. The van der Waals surface area contributed by atoms with Crippen LogP contribution in [0.2, 0.25) is 0 Å². The number of nitrogens with one attached hydrogen (secondary N) is 1. The lowest BCUT2D eigenvalue weighted by molar-refractivity contribution is 0.583. The van der Waals surface area contributed by atoms with E-state index in [1.54, 1.807) is 5.38 Å². The van der Waals surface area contributed by atoms with Gasteiger partial charge in [-0.25, -0.2) is 13.1 Å². The number of sulfonamides is 1. The Morgan fingerprint density at radius 2 is 2.06 bits per heavy atom. The third-order valence-corrected chi connectivity index (χ3v) is 5.90. The summed E-state index contributed by atoms with van der Waals surface area (Å²) < 4.78 is 27.6. The minimum Gasteiger partial charge on any atom is -0.398 e. The summed E-state index contributed by atoms with van der Waals surface area (Å²) in [5.74, 6) is 0. The molecule has 0 saturated carbocycles. The Kier molecular flexibility index (Phi) is 4.06. The summed E-state index contributed by atoms with van der Waals surface area (Å²) in [4.78, 5) is 0. The van der Waals surface area contributed by atoms with Crippen LogP contribution in [-0.2, 0) is 16.6 Å². The molecule has 1 heterocycles. The van der Waals surface area contributed by atoms with Crippen LogP contribution in [0.1, 0.15) is 5.56 Å². The van der Waals surface area contributed by atoms with Crippen molar-refractivity contribution in [2.75, 3.05) is 5.73 Å². The average molecular weight is 347 g/mol. The fourth-order valence-electron chi connectivity index (χ4n) is 1.36. The van der Waals surface area contributed by atoms with Gasteiger partial charge in [-0.05, 0) is 17.7 Å². The quantitative estimate of drug-likeness (QED) is 0.893. The topological polar surface area (TPSA) is 72.2 Å². The van der Waals surface area contributed by atoms with Crippen molar-refractivity contribution >= 4 is 43.0 Å². The van der Waals surface area contributed by atoms with Gasteiger partial charge in [-0.2, -0.15) is 0 Å². The van der Waals surface area contributed by atoms with E-state index in [1.165, 1.54) is 6.07 Å². The van der Waals surface area contributed by atoms with Crippen LogP contribution in [-0.4, -0.2) is 8.42 Å². The molecule has 0 bridgehead atoms. The van der Waals surface area contributed by atoms with Gasteiger partial charge in [-0.15, -0.1) is 11.3 Å². The fraction of sp³-hybridized carbons (Fsp3) is 0.0909. The second-order valence-electron chi connectivity index (χ2n) is 3.62. The molecule has 0 fully saturated rings. The second-order valence-corrected chi connectivity index (χ2v) is 7.37. The molecule has 0 aliphatic heterocycles. The van der Waals surface area contributed by atoms with Crippen LogP contribution < -0.4 is 10.5 Å². The van der Waals surface area contributed by atoms with E-state index in [9.17, 15) is 8.42 Å². The molecule has 0 radical (unpaired) electrons. The van der Waals surface area contributed by atoms with Crippen molar-refractivity contribution in [3.63, 3.8) is 0 Å². The van der Waals surface area contributed by atoms with Crippen molar-refractivity contribution in [2.45, 2.75) is 10.8 Å². The Morgan fingerprint density at radius 3 is 2.67 bits per heavy atom. The van der Waals surface area contributed by atoms with Crippen LogP contribution in [0.5, 0.6) is 0 Å². The Morgan fingerprint density at radius 1 is 1.33 bits per heavy atom. The molecule has 1 aromatic heterocycles. The first-order valence-electron chi connectivity index (χ1n) is 5.06. The molecule has 18 heavy (non-hydrogen) atoms. The van der Waals surface area contributed by atoms with E-state index in [2.05, 4.69) is 20.7 Å². The number of nitrogens with two attached hydrogens (primary N) is 1. The average Bonchev–Trinajstić information content (AvgIpc) is 2.76. The lowest BCUT2D eigenvalue weighted by atomic mass is 10.2. The summed E-state index contributed by atoms with van der Waals surface area (Å²) >= 11 is 4.48. The smallest absolute Gasteiger partial charge is 0.250 e. The van der Waals surface area contributed by atoms with Gasteiger partial charge in [-0.3, -0.25) is 0 Å². The lowest BCUT2D eigenvalue weighted by Crippen LogP contribution is -2.22. The minimum absolute atomic E-state index is 0.229. The lowest BCUT2D eigenvalue weighted by Gasteiger charge is -2.06. The van der Waals surface area contributed by atoms with Crippen LogP contribution >= 0.6 is 27.3 Å². The summed E-state index contributed by atoms with van der Waals surface area (Å²) in [5.41, 5.74) is 6.86. The number of thiophene rings is 1. The van der Waals surface area contributed by atoms with Crippen molar-refractivity contribution < 1.29 is 8.42 Å². The number of halogens is 1. The molecule has 0 saturated heterocycles. The van der Waals surface area contributed by atoms with Crippen LogP contribution in [0.3, 0.4) is 0 Å². The standard InChI is InChI=1S/C11H11BrN2O2S2/c12-10-4-2-1-3-8(10)6-14-18(15,16)11-5-9(13)7-17-11/h1-5,7,14H,6,13H2. The van der Waals surface area contributed by atoms with Crippen molar-refractivity contribution in [1.82, 2.24) is 4.72 Å². The molecule has 4 nitrogen and oxygen atoms in total. The third-order valence-electron chi connectivity index (χ3n) is 2.27. The van der Waals surface area contributed by atoms with E-state index in [-0.39, 0.29) is 10.8 Å². The molecule has 2 rings (SSSR count). The SMILES string of the molecule is Nc1csc(S(=O)(=O)NCc2ccccc2Br)c1. The normalized spacial score (nSPS) is 11.6. The van der Waals surface area contributed by atoms with Gasteiger partial charge in [-0.1, -0.05) is 34.1 Å². The maximum atomic E-state index is 12.0. The van der Waals surface area contributed by atoms with Crippen molar-refractivity contribution in [3.8, 4) is 0 Å². The maximum Gasteiger partial charge on any atom is 0.250 e. The molecule has 0 aliphatic rings. The van der Waals surface area contributed by atoms with Gasteiger partial charge in [0.05, 0.1) is 0 Å². The van der Waals surface area contributed by atoms with Crippen LogP contribution in [0.25, 0.3) is 0 Å². The largest absolute Gasteiger partial charge is 0.398 e. The van der Waals surface area contributed by atoms with Gasteiger partial charge >= 0.3 is 0 Å². The zero-order valence-electron chi connectivity index (χ0n) is 9.26. The molecular formula is C11H11BrN2O2S2. The van der Waals surface area contributed by atoms with Gasteiger partial charge in [0, 0.05) is 22.1 Å². The first-order chi connectivity index (χ1) is 8.49. The highest BCUT2D eigenvalue weighted by atomic mass is 79.9. The van der Waals surface area contributed by atoms with Gasteiger partial charge in [0.25, 0.3) is 0 Å². The van der Waals surface area contributed by atoms with Gasteiger partial charge in [0.2, 0.25) is 10.0 Å². The highest BCUT2D eigenvalue weighted by molar-refractivity contribution is 9.10. The highest BCUT2D eigenvalue weighted by Gasteiger charge is 2.16. The van der Waals surface area contributed by atoms with E-state index in [1.807, 2.05) is 24.3 Å². The monoisotopic (exact) mass is 346 g/mol. The zero-order valence-corrected chi connectivity index (χ0v) is 12.5. The van der Waals surface area contributed by atoms with Crippen molar-refractivity contribution in [1.29, 1.82) is 0 Å². The van der Waals surface area contributed by atoms with Crippen LogP contribution in [0, 0.1) is 0 Å². The number of hydrogen-bond acceptors (Lipinski definition) is 4. The fourth-order valence-corrected chi connectivity index (χ4v) is 3.91. The van der Waals surface area contributed by atoms with Gasteiger partial charge < -0.3 is 5.73 Å². The first-order valence-corrected chi connectivity index (χ1v) is 8.22. The molecule has 0 aliphatic carbocycles. The molecule has 96 valence electrons.